The summed E-state index contributed by atoms with van der Waals surface area (Å²) >= 11 is 0. The number of fused-ring (bicyclic) bond motifs is 1. The highest BCUT2D eigenvalue weighted by Crippen LogP contribution is 2.38. The van der Waals surface area contributed by atoms with Crippen LogP contribution in [0.5, 0.6) is 11.5 Å². The first-order chi connectivity index (χ1) is 12.5. The van der Waals surface area contributed by atoms with Crippen LogP contribution in [0.2, 0.25) is 0 Å². The van der Waals surface area contributed by atoms with Gasteiger partial charge >= 0.3 is 0 Å². The monoisotopic (exact) mass is 354 g/mol. The van der Waals surface area contributed by atoms with Crippen molar-refractivity contribution in [2.75, 3.05) is 17.2 Å². The maximum Gasteiger partial charge on any atom is 0.255 e. The van der Waals surface area contributed by atoms with E-state index in [0.29, 0.717) is 29.3 Å². The van der Waals surface area contributed by atoms with Crippen molar-refractivity contribution in [3.63, 3.8) is 0 Å². The van der Waals surface area contributed by atoms with Gasteiger partial charge in [-0.3, -0.25) is 9.59 Å². The molecule has 1 atom stereocenters. The van der Waals surface area contributed by atoms with E-state index < -0.39 is 0 Å². The molecule has 0 aliphatic carbocycles. The number of hydrogen-bond donors (Lipinski definition) is 2. The first-order valence-corrected chi connectivity index (χ1v) is 8.61. The van der Waals surface area contributed by atoms with E-state index in [1.165, 1.54) is 6.92 Å². The van der Waals surface area contributed by atoms with Crippen molar-refractivity contribution in [1.29, 1.82) is 0 Å². The summed E-state index contributed by atoms with van der Waals surface area (Å²) in [5.41, 5.74) is 2.79. The van der Waals surface area contributed by atoms with E-state index in [2.05, 4.69) is 10.6 Å². The SMILES string of the molecule is CCOc1cc2c(cc1NC(=O)c1ccc(NC(C)=O)cc1)O[C@@H](C)C2. The molecule has 0 fully saturated rings. The zero-order valence-corrected chi connectivity index (χ0v) is 15.1. The number of benzene rings is 2. The second-order valence-corrected chi connectivity index (χ2v) is 6.23. The number of anilines is 2. The van der Waals surface area contributed by atoms with Crippen LogP contribution in [0, 0.1) is 0 Å². The number of carbonyl (C=O) groups excluding carboxylic acids is 2. The largest absolute Gasteiger partial charge is 0.492 e. The van der Waals surface area contributed by atoms with Crippen molar-refractivity contribution in [3.8, 4) is 11.5 Å². The molecule has 2 amide bonds. The van der Waals surface area contributed by atoms with Gasteiger partial charge in [0, 0.05) is 36.2 Å². The molecule has 1 heterocycles. The van der Waals surface area contributed by atoms with Gasteiger partial charge in [0.2, 0.25) is 5.91 Å². The van der Waals surface area contributed by atoms with Gasteiger partial charge in [-0.1, -0.05) is 0 Å². The van der Waals surface area contributed by atoms with Gasteiger partial charge in [-0.15, -0.1) is 0 Å². The Balaban J connectivity index is 1.80. The summed E-state index contributed by atoms with van der Waals surface area (Å²) in [5.74, 6) is 0.992. The fourth-order valence-corrected chi connectivity index (χ4v) is 2.91. The summed E-state index contributed by atoms with van der Waals surface area (Å²) in [4.78, 5) is 23.6. The van der Waals surface area contributed by atoms with E-state index >= 15 is 0 Å². The molecule has 136 valence electrons. The average molecular weight is 354 g/mol. The number of hydrogen-bond acceptors (Lipinski definition) is 4. The molecule has 1 aliphatic rings. The summed E-state index contributed by atoms with van der Waals surface area (Å²) < 4.78 is 11.5. The molecule has 2 aromatic rings. The first-order valence-electron chi connectivity index (χ1n) is 8.61. The summed E-state index contributed by atoms with van der Waals surface area (Å²) in [6.07, 6.45) is 0.945. The van der Waals surface area contributed by atoms with Crippen LogP contribution >= 0.6 is 0 Å². The Morgan fingerprint density at radius 3 is 2.58 bits per heavy atom. The Bertz CT molecular complexity index is 830. The zero-order chi connectivity index (χ0) is 18.7. The first kappa shape index (κ1) is 17.8. The van der Waals surface area contributed by atoms with Crippen LogP contribution in [0.4, 0.5) is 11.4 Å². The predicted octanol–water partition coefficient (Wildman–Crippen LogP) is 3.62. The third-order valence-corrected chi connectivity index (χ3v) is 4.01. The molecule has 2 N–H and O–H groups in total. The van der Waals surface area contributed by atoms with Gasteiger partial charge in [-0.05, 0) is 44.2 Å². The summed E-state index contributed by atoms with van der Waals surface area (Å²) in [6, 6.07) is 10.4. The zero-order valence-electron chi connectivity index (χ0n) is 15.1. The van der Waals surface area contributed by atoms with Gasteiger partial charge in [-0.2, -0.15) is 0 Å². The lowest BCUT2D eigenvalue weighted by Crippen LogP contribution is -2.13. The molecular weight excluding hydrogens is 332 g/mol. The quantitative estimate of drug-likeness (QED) is 0.860. The second-order valence-electron chi connectivity index (χ2n) is 6.23. The Labute approximate surface area is 152 Å². The van der Waals surface area contributed by atoms with Crippen LogP contribution in [0.3, 0.4) is 0 Å². The van der Waals surface area contributed by atoms with Crippen molar-refractivity contribution in [2.45, 2.75) is 33.3 Å². The molecular formula is C20H22N2O4. The van der Waals surface area contributed by atoms with Crippen LogP contribution in [-0.4, -0.2) is 24.5 Å². The molecule has 0 radical (unpaired) electrons. The fourth-order valence-electron chi connectivity index (χ4n) is 2.91. The Hall–Kier alpha value is -3.02. The molecule has 0 saturated carbocycles. The number of amides is 2. The van der Waals surface area contributed by atoms with Crippen LogP contribution in [0.25, 0.3) is 0 Å². The average Bonchev–Trinajstić information content (AvgIpc) is 2.94. The van der Waals surface area contributed by atoms with Gasteiger partial charge in [0.15, 0.2) is 0 Å². The Morgan fingerprint density at radius 2 is 1.92 bits per heavy atom. The van der Waals surface area contributed by atoms with Crippen molar-refractivity contribution in [3.05, 3.63) is 47.5 Å². The summed E-state index contributed by atoms with van der Waals surface area (Å²) in [5, 5.41) is 5.56. The lowest BCUT2D eigenvalue weighted by molar-refractivity contribution is -0.114. The number of ether oxygens (including phenoxy) is 2. The molecule has 0 unspecified atom stereocenters. The molecule has 3 rings (SSSR count). The molecule has 0 aromatic heterocycles. The van der Waals surface area contributed by atoms with Crippen molar-refractivity contribution < 1.29 is 19.1 Å². The molecule has 2 aromatic carbocycles. The molecule has 0 saturated heterocycles. The van der Waals surface area contributed by atoms with Crippen molar-refractivity contribution >= 4 is 23.2 Å². The number of nitrogens with one attached hydrogen (secondary N) is 2. The van der Waals surface area contributed by atoms with E-state index in [4.69, 9.17) is 9.47 Å². The number of rotatable bonds is 5. The van der Waals surface area contributed by atoms with E-state index in [9.17, 15) is 9.59 Å². The third kappa shape index (κ3) is 3.96. The van der Waals surface area contributed by atoms with Crippen LogP contribution < -0.4 is 20.1 Å². The van der Waals surface area contributed by atoms with E-state index in [-0.39, 0.29) is 17.9 Å². The van der Waals surface area contributed by atoms with Crippen LogP contribution in [0.1, 0.15) is 36.7 Å². The Kier molecular flexibility index (Phi) is 5.11. The van der Waals surface area contributed by atoms with Crippen LogP contribution in [0.15, 0.2) is 36.4 Å². The van der Waals surface area contributed by atoms with Crippen LogP contribution in [-0.2, 0) is 11.2 Å². The minimum absolute atomic E-state index is 0.117. The van der Waals surface area contributed by atoms with Gasteiger partial charge in [0.25, 0.3) is 5.91 Å². The highest BCUT2D eigenvalue weighted by Gasteiger charge is 2.22. The molecule has 26 heavy (non-hydrogen) atoms. The van der Waals surface area contributed by atoms with Gasteiger partial charge in [0.1, 0.15) is 17.6 Å². The van der Waals surface area contributed by atoms with Crippen molar-refractivity contribution in [2.24, 2.45) is 0 Å². The van der Waals surface area contributed by atoms with Crippen molar-refractivity contribution in [1.82, 2.24) is 0 Å². The maximum atomic E-state index is 12.6. The smallest absolute Gasteiger partial charge is 0.255 e. The molecule has 0 spiro atoms. The molecule has 1 aliphatic heterocycles. The maximum absolute atomic E-state index is 12.6. The Morgan fingerprint density at radius 1 is 1.19 bits per heavy atom. The highest BCUT2D eigenvalue weighted by atomic mass is 16.5. The minimum Gasteiger partial charge on any atom is -0.492 e. The summed E-state index contributed by atoms with van der Waals surface area (Å²) in [6.45, 7) is 5.85. The van der Waals surface area contributed by atoms with E-state index in [0.717, 1.165) is 17.7 Å². The summed E-state index contributed by atoms with van der Waals surface area (Å²) in [7, 11) is 0. The predicted molar refractivity (Wildman–Crippen MR) is 100 cm³/mol. The highest BCUT2D eigenvalue weighted by molar-refractivity contribution is 6.05. The minimum atomic E-state index is -0.258. The van der Waals surface area contributed by atoms with Gasteiger partial charge in [0.05, 0.1) is 12.3 Å². The van der Waals surface area contributed by atoms with Gasteiger partial charge < -0.3 is 20.1 Å². The standard InChI is InChI=1S/C20H22N2O4/c1-4-25-19-10-15-9-12(2)26-18(15)11-17(19)22-20(24)14-5-7-16(8-6-14)21-13(3)23/h5-8,10-12H,4,9H2,1-3H3,(H,21,23)(H,22,24)/t12-/m0/s1. The van der Waals surface area contributed by atoms with Gasteiger partial charge in [-0.25, -0.2) is 0 Å². The molecule has 0 bridgehead atoms. The normalized spacial score (nSPS) is 15.0. The molecule has 6 heteroatoms. The lowest BCUT2D eigenvalue weighted by atomic mass is 10.1. The lowest BCUT2D eigenvalue weighted by Gasteiger charge is -2.14. The van der Waals surface area contributed by atoms with E-state index in [1.807, 2.05) is 26.0 Å². The topological polar surface area (TPSA) is 76.7 Å². The van der Waals surface area contributed by atoms with E-state index in [1.54, 1.807) is 24.3 Å². The fraction of sp³-hybridized carbons (Fsp3) is 0.300. The molecule has 6 nitrogen and oxygen atoms in total. The second kappa shape index (κ2) is 7.47. The number of carbonyl (C=O) groups is 2. The third-order valence-electron chi connectivity index (χ3n) is 4.01.